The Hall–Kier alpha value is -1.72. The summed E-state index contributed by atoms with van der Waals surface area (Å²) in [6, 6.07) is 8.52. The van der Waals surface area contributed by atoms with Crippen molar-refractivity contribution in [1.82, 2.24) is 4.98 Å². The number of halogens is 1. The predicted molar refractivity (Wildman–Crippen MR) is 76.6 cm³/mol. The molecule has 0 aliphatic rings. The second-order valence-corrected chi connectivity index (χ2v) is 5.25. The molecule has 3 N–H and O–H groups in total. The van der Waals surface area contributed by atoms with Crippen molar-refractivity contribution in [2.45, 2.75) is 10.6 Å². The molecule has 0 unspecified atom stereocenters. The maximum absolute atomic E-state index is 10.7. The number of aromatic carboxylic acids is 1. The zero-order chi connectivity index (χ0) is 13.8. The Labute approximate surface area is 119 Å². The number of nitrogens with two attached hydrogens (primary N) is 1. The minimum absolute atomic E-state index is 0.177. The van der Waals surface area contributed by atoms with Crippen molar-refractivity contribution < 1.29 is 9.90 Å². The first kappa shape index (κ1) is 13.7. The molecule has 0 radical (unpaired) electrons. The highest BCUT2D eigenvalue weighted by Gasteiger charge is 2.05. The van der Waals surface area contributed by atoms with Crippen LogP contribution in [0.1, 0.15) is 16.1 Å². The van der Waals surface area contributed by atoms with Gasteiger partial charge in [0.05, 0.1) is 16.3 Å². The average molecular weight is 295 g/mol. The summed E-state index contributed by atoms with van der Waals surface area (Å²) in [7, 11) is 0. The summed E-state index contributed by atoms with van der Waals surface area (Å²) in [6.45, 7) is 0. The van der Waals surface area contributed by atoms with Gasteiger partial charge in [-0.3, -0.25) is 4.98 Å². The highest BCUT2D eigenvalue weighted by Crippen LogP contribution is 2.30. The molecule has 0 bridgehead atoms. The molecule has 0 spiro atoms. The van der Waals surface area contributed by atoms with Gasteiger partial charge in [-0.15, -0.1) is 11.8 Å². The molecule has 19 heavy (non-hydrogen) atoms. The second kappa shape index (κ2) is 5.95. The first-order valence-corrected chi connectivity index (χ1v) is 6.78. The fourth-order valence-corrected chi connectivity index (χ4v) is 2.60. The Balaban J connectivity index is 2.06. The fraction of sp³-hybridized carbons (Fsp3) is 0.0769. The van der Waals surface area contributed by atoms with Crippen LogP contribution in [0, 0.1) is 0 Å². The second-order valence-electron chi connectivity index (χ2n) is 3.82. The number of anilines is 1. The summed E-state index contributed by atoms with van der Waals surface area (Å²) in [5, 5.41) is 9.41. The Bertz CT molecular complexity index is 602. The molecule has 0 fully saturated rings. The Morgan fingerprint density at radius 2 is 2.16 bits per heavy atom. The molecule has 1 aromatic heterocycles. The summed E-state index contributed by atoms with van der Waals surface area (Å²) >= 11 is 7.56. The van der Waals surface area contributed by atoms with Gasteiger partial charge >= 0.3 is 5.97 Å². The van der Waals surface area contributed by atoms with E-state index < -0.39 is 5.97 Å². The lowest BCUT2D eigenvalue weighted by Gasteiger charge is -2.05. The predicted octanol–water partition coefficient (Wildman–Crippen LogP) is 3.31. The van der Waals surface area contributed by atoms with E-state index >= 15 is 0 Å². The van der Waals surface area contributed by atoms with Crippen LogP contribution in [0.15, 0.2) is 41.4 Å². The molecular formula is C13H11ClN2O2S. The third-order valence-electron chi connectivity index (χ3n) is 2.40. The van der Waals surface area contributed by atoms with E-state index in [1.54, 1.807) is 24.3 Å². The smallest absolute Gasteiger partial charge is 0.337 e. The molecule has 0 aliphatic heterocycles. The van der Waals surface area contributed by atoms with E-state index in [0.29, 0.717) is 16.5 Å². The lowest BCUT2D eigenvalue weighted by molar-refractivity contribution is 0.0696. The number of pyridine rings is 1. The SMILES string of the molecule is Nc1ccc(Cl)c(SCc2ccc(C(=O)O)cn2)c1. The number of carboxylic acids is 1. The van der Waals surface area contributed by atoms with Crippen molar-refractivity contribution in [2.24, 2.45) is 0 Å². The molecule has 2 rings (SSSR count). The number of nitrogens with zero attached hydrogens (tertiary/aromatic N) is 1. The van der Waals surface area contributed by atoms with E-state index in [0.717, 1.165) is 10.6 Å². The number of aromatic nitrogens is 1. The summed E-state index contributed by atoms with van der Waals surface area (Å²) in [5.74, 6) is -0.381. The van der Waals surface area contributed by atoms with Crippen molar-refractivity contribution >= 4 is 35.0 Å². The molecule has 0 saturated carbocycles. The quantitative estimate of drug-likeness (QED) is 0.668. The first-order chi connectivity index (χ1) is 9.06. The molecule has 1 aromatic carbocycles. The number of hydrogen-bond acceptors (Lipinski definition) is 4. The van der Waals surface area contributed by atoms with E-state index in [1.165, 1.54) is 24.0 Å². The van der Waals surface area contributed by atoms with Gasteiger partial charge in [-0.1, -0.05) is 11.6 Å². The Kier molecular flexibility index (Phi) is 4.29. The van der Waals surface area contributed by atoms with Gasteiger partial charge in [0.2, 0.25) is 0 Å². The largest absolute Gasteiger partial charge is 0.478 e. The number of carbonyl (C=O) groups is 1. The standard InChI is InChI=1S/C13H11ClN2O2S/c14-11-4-2-9(15)5-12(11)19-7-10-3-1-8(6-16-10)13(17)18/h1-6H,7,15H2,(H,17,18). The highest BCUT2D eigenvalue weighted by atomic mass is 35.5. The van der Waals surface area contributed by atoms with Crippen LogP contribution in [0.2, 0.25) is 5.02 Å². The number of thioether (sulfide) groups is 1. The molecule has 0 atom stereocenters. The van der Waals surface area contributed by atoms with Crippen LogP contribution in [0.3, 0.4) is 0 Å². The van der Waals surface area contributed by atoms with Crippen molar-refractivity contribution in [3.8, 4) is 0 Å². The lowest BCUT2D eigenvalue weighted by Crippen LogP contribution is -1.98. The summed E-state index contributed by atoms with van der Waals surface area (Å²) < 4.78 is 0. The van der Waals surface area contributed by atoms with Crippen LogP contribution < -0.4 is 5.73 Å². The first-order valence-electron chi connectivity index (χ1n) is 5.42. The van der Waals surface area contributed by atoms with Gasteiger partial charge in [0.15, 0.2) is 0 Å². The third kappa shape index (κ3) is 3.62. The van der Waals surface area contributed by atoms with E-state index in [-0.39, 0.29) is 5.56 Å². The van der Waals surface area contributed by atoms with Gasteiger partial charge in [0, 0.05) is 22.5 Å². The van der Waals surface area contributed by atoms with Crippen LogP contribution in [0.4, 0.5) is 5.69 Å². The molecule has 6 heteroatoms. The normalized spacial score (nSPS) is 10.4. The van der Waals surface area contributed by atoms with Crippen molar-refractivity contribution in [1.29, 1.82) is 0 Å². The van der Waals surface area contributed by atoms with Crippen molar-refractivity contribution in [3.05, 3.63) is 52.8 Å². The van der Waals surface area contributed by atoms with Crippen LogP contribution in [0.25, 0.3) is 0 Å². The molecule has 0 aliphatic carbocycles. The van der Waals surface area contributed by atoms with Crippen LogP contribution >= 0.6 is 23.4 Å². The molecule has 4 nitrogen and oxygen atoms in total. The molecule has 2 aromatic rings. The maximum atomic E-state index is 10.7. The molecule has 0 saturated heterocycles. The Morgan fingerprint density at radius 3 is 2.79 bits per heavy atom. The monoisotopic (exact) mass is 294 g/mol. The molecule has 0 amide bonds. The topological polar surface area (TPSA) is 76.2 Å². The van der Waals surface area contributed by atoms with E-state index in [4.69, 9.17) is 22.4 Å². The van der Waals surface area contributed by atoms with Crippen LogP contribution in [0.5, 0.6) is 0 Å². The van der Waals surface area contributed by atoms with Crippen LogP contribution in [-0.2, 0) is 5.75 Å². The number of hydrogen-bond donors (Lipinski definition) is 2. The van der Waals surface area contributed by atoms with Gasteiger partial charge < -0.3 is 10.8 Å². The van der Waals surface area contributed by atoms with Crippen LogP contribution in [-0.4, -0.2) is 16.1 Å². The number of nitrogen functional groups attached to an aromatic ring is 1. The zero-order valence-corrected chi connectivity index (χ0v) is 11.4. The van der Waals surface area contributed by atoms with E-state index in [1.807, 2.05) is 0 Å². The number of carboxylic acid groups (broad SMARTS) is 1. The third-order valence-corrected chi connectivity index (χ3v) is 3.93. The van der Waals surface area contributed by atoms with Gasteiger partial charge in [-0.25, -0.2) is 4.79 Å². The lowest BCUT2D eigenvalue weighted by atomic mass is 10.2. The van der Waals surface area contributed by atoms with Gasteiger partial charge in [-0.2, -0.15) is 0 Å². The average Bonchev–Trinajstić information content (AvgIpc) is 2.40. The molecule has 1 heterocycles. The summed E-state index contributed by atoms with van der Waals surface area (Å²) in [4.78, 5) is 15.7. The van der Waals surface area contributed by atoms with Gasteiger partial charge in [0.1, 0.15) is 0 Å². The number of benzene rings is 1. The Morgan fingerprint density at radius 1 is 1.37 bits per heavy atom. The molecular weight excluding hydrogens is 284 g/mol. The van der Waals surface area contributed by atoms with Crippen molar-refractivity contribution in [2.75, 3.05) is 5.73 Å². The van der Waals surface area contributed by atoms with Gasteiger partial charge in [0.25, 0.3) is 0 Å². The number of rotatable bonds is 4. The minimum atomic E-state index is -0.981. The molecule has 98 valence electrons. The van der Waals surface area contributed by atoms with Gasteiger partial charge in [-0.05, 0) is 30.3 Å². The highest BCUT2D eigenvalue weighted by molar-refractivity contribution is 7.98. The zero-order valence-electron chi connectivity index (χ0n) is 9.84. The van der Waals surface area contributed by atoms with Crippen molar-refractivity contribution in [3.63, 3.8) is 0 Å². The summed E-state index contributed by atoms with van der Waals surface area (Å²) in [5.41, 5.74) is 7.31. The summed E-state index contributed by atoms with van der Waals surface area (Å²) in [6.07, 6.45) is 1.35. The minimum Gasteiger partial charge on any atom is -0.478 e. The van der Waals surface area contributed by atoms with E-state index in [2.05, 4.69) is 4.98 Å². The maximum Gasteiger partial charge on any atom is 0.337 e. The van der Waals surface area contributed by atoms with E-state index in [9.17, 15) is 4.79 Å². The fourth-order valence-electron chi connectivity index (χ4n) is 1.42.